The van der Waals surface area contributed by atoms with Gasteiger partial charge < -0.3 is 15.0 Å². The van der Waals surface area contributed by atoms with Gasteiger partial charge in [0.25, 0.3) is 11.8 Å². The summed E-state index contributed by atoms with van der Waals surface area (Å²) in [6.45, 7) is 6.19. The van der Waals surface area contributed by atoms with Gasteiger partial charge >= 0.3 is 6.03 Å². The minimum Gasteiger partial charge on any atom is -0.374 e. The fourth-order valence-corrected chi connectivity index (χ4v) is 2.83. The molecule has 0 saturated carbocycles. The summed E-state index contributed by atoms with van der Waals surface area (Å²) in [7, 11) is 3.94. The number of imide groups is 1. The van der Waals surface area contributed by atoms with Crippen LogP contribution >= 0.6 is 0 Å². The number of likely N-dealkylation sites (N-methyl/N-ethyl adjacent to an activating group) is 1. The fourth-order valence-electron chi connectivity index (χ4n) is 2.83. The molecule has 24 heavy (non-hydrogen) atoms. The highest BCUT2D eigenvalue weighted by molar-refractivity contribution is 6.07. The maximum atomic E-state index is 12.3. The van der Waals surface area contributed by atoms with Gasteiger partial charge in [0.2, 0.25) is 0 Å². The van der Waals surface area contributed by atoms with Crippen LogP contribution in [0.1, 0.15) is 20.3 Å². The summed E-state index contributed by atoms with van der Waals surface area (Å²) in [5.74, 6) is -0.819. The standard InChI is InChI=1S/C15H27N5O4/c1-5-15(2)13(22)20(14(23)16-15)17-12(21)10-19-6-7-24-11(9-19)8-18(3)4/h11H,5-10H2,1-4H3,(H,16,23)(H,17,21)/t11-,15+/m1/s1. The number of hydrogen-bond acceptors (Lipinski definition) is 6. The Morgan fingerprint density at radius 2 is 2.17 bits per heavy atom. The van der Waals surface area contributed by atoms with Crippen LogP contribution in [-0.4, -0.2) is 91.2 Å². The number of amides is 4. The maximum Gasteiger partial charge on any atom is 0.344 e. The van der Waals surface area contributed by atoms with E-state index in [1.165, 1.54) is 0 Å². The molecule has 136 valence electrons. The summed E-state index contributed by atoms with van der Waals surface area (Å²) in [4.78, 5) is 40.4. The summed E-state index contributed by atoms with van der Waals surface area (Å²) in [5, 5.41) is 3.38. The van der Waals surface area contributed by atoms with Gasteiger partial charge in [-0.2, -0.15) is 5.01 Å². The Balaban J connectivity index is 1.87. The van der Waals surface area contributed by atoms with Crippen molar-refractivity contribution in [2.24, 2.45) is 0 Å². The van der Waals surface area contributed by atoms with Crippen molar-refractivity contribution >= 4 is 17.8 Å². The molecule has 2 atom stereocenters. The third-order valence-electron chi connectivity index (χ3n) is 4.36. The van der Waals surface area contributed by atoms with Crippen molar-refractivity contribution in [3.8, 4) is 0 Å². The zero-order valence-electron chi connectivity index (χ0n) is 14.8. The Hall–Kier alpha value is -1.71. The SMILES string of the molecule is CC[C@]1(C)NC(=O)N(NC(=O)CN2CCO[C@H](CN(C)C)C2)C1=O. The van der Waals surface area contributed by atoms with Crippen LogP contribution in [0.4, 0.5) is 4.79 Å². The number of nitrogens with zero attached hydrogens (tertiary/aromatic N) is 3. The number of carbonyl (C=O) groups excluding carboxylic acids is 3. The Labute approximate surface area is 142 Å². The van der Waals surface area contributed by atoms with Crippen LogP contribution < -0.4 is 10.7 Å². The number of ether oxygens (including phenoxy) is 1. The molecule has 0 spiro atoms. The molecule has 0 aliphatic carbocycles. The highest BCUT2D eigenvalue weighted by Crippen LogP contribution is 2.19. The zero-order chi connectivity index (χ0) is 17.9. The topological polar surface area (TPSA) is 94.2 Å². The molecule has 2 heterocycles. The monoisotopic (exact) mass is 341 g/mol. The van der Waals surface area contributed by atoms with Gasteiger partial charge in [-0.25, -0.2) is 4.79 Å². The Bertz CT molecular complexity index is 512. The van der Waals surface area contributed by atoms with Gasteiger partial charge in [-0.15, -0.1) is 0 Å². The molecule has 9 heteroatoms. The first-order valence-electron chi connectivity index (χ1n) is 8.20. The van der Waals surface area contributed by atoms with E-state index < -0.39 is 17.5 Å². The third-order valence-corrected chi connectivity index (χ3v) is 4.36. The second-order valence-corrected chi connectivity index (χ2v) is 6.78. The van der Waals surface area contributed by atoms with Crippen LogP contribution in [0.5, 0.6) is 0 Å². The van der Waals surface area contributed by atoms with Crippen molar-refractivity contribution in [1.29, 1.82) is 0 Å². The summed E-state index contributed by atoms with van der Waals surface area (Å²) >= 11 is 0. The molecule has 2 saturated heterocycles. The minimum atomic E-state index is -0.958. The number of urea groups is 1. The van der Waals surface area contributed by atoms with Gasteiger partial charge in [0.05, 0.1) is 19.3 Å². The van der Waals surface area contributed by atoms with Crippen LogP contribution in [0.3, 0.4) is 0 Å². The predicted octanol–water partition coefficient (Wildman–Crippen LogP) is -0.999. The zero-order valence-corrected chi connectivity index (χ0v) is 14.8. The van der Waals surface area contributed by atoms with E-state index in [2.05, 4.69) is 10.7 Å². The molecule has 0 radical (unpaired) electrons. The van der Waals surface area contributed by atoms with E-state index in [0.29, 0.717) is 26.1 Å². The van der Waals surface area contributed by atoms with Gasteiger partial charge in [-0.1, -0.05) is 6.92 Å². The first-order chi connectivity index (χ1) is 11.2. The molecular weight excluding hydrogens is 314 g/mol. The van der Waals surface area contributed by atoms with Gasteiger partial charge in [-0.3, -0.25) is 19.9 Å². The van der Waals surface area contributed by atoms with Crippen molar-refractivity contribution < 1.29 is 19.1 Å². The van der Waals surface area contributed by atoms with Crippen LogP contribution in [0.15, 0.2) is 0 Å². The lowest BCUT2D eigenvalue weighted by molar-refractivity contribution is -0.140. The lowest BCUT2D eigenvalue weighted by atomic mass is 10.00. The maximum absolute atomic E-state index is 12.3. The predicted molar refractivity (Wildman–Crippen MR) is 87.0 cm³/mol. The molecule has 0 bridgehead atoms. The summed E-state index contributed by atoms with van der Waals surface area (Å²) in [6.07, 6.45) is 0.501. The van der Waals surface area contributed by atoms with E-state index in [9.17, 15) is 14.4 Å². The number of nitrogens with one attached hydrogen (secondary N) is 2. The van der Waals surface area contributed by atoms with E-state index in [4.69, 9.17) is 4.74 Å². The number of carbonyl (C=O) groups is 3. The molecule has 9 nitrogen and oxygen atoms in total. The van der Waals surface area contributed by atoms with Gasteiger partial charge in [0.15, 0.2) is 0 Å². The Kier molecular flexibility index (Phi) is 5.79. The smallest absolute Gasteiger partial charge is 0.344 e. The average molecular weight is 341 g/mol. The normalized spacial score (nSPS) is 28.4. The van der Waals surface area contributed by atoms with Crippen molar-refractivity contribution in [2.45, 2.75) is 31.9 Å². The number of hydrazine groups is 1. The molecule has 0 aromatic carbocycles. The van der Waals surface area contributed by atoms with Crippen molar-refractivity contribution in [3.05, 3.63) is 0 Å². The fraction of sp³-hybridized carbons (Fsp3) is 0.800. The molecular formula is C15H27N5O4. The van der Waals surface area contributed by atoms with Crippen LogP contribution in [-0.2, 0) is 14.3 Å². The van der Waals surface area contributed by atoms with E-state index in [0.717, 1.165) is 11.6 Å². The molecule has 0 aromatic heterocycles. The first-order valence-corrected chi connectivity index (χ1v) is 8.20. The van der Waals surface area contributed by atoms with Crippen molar-refractivity contribution in [1.82, 2.24) is 25.6 Å². The highest BCUT2D eigenvalue weighted by Gasteiger charge is 2.47. The molecule has 2 aliphatic heterocycles. The molecule has 0 unspecified atom stereocenters. The molecule has 4 amide bonds. The molecule has 0 aromatic rings. The highest BCUT2D eigenvalue weighted by atomic mass is 16.5. The van der Waals surface area contributed by atoms with E-state index in [1.54, 1.807) is 6.92 Å². The van der Waals surface area contributed by atoms with E-state index >= 15 is 0 Å². The summed E-state index contributed by atoms with van der Waals surface area (Å²) < 4.78 is 5.67. The van der Waals surface area contributed by atoms with Crippen LogP contribution in [0, 0.1) is 0 Å². The Morgan fingerprint density at radius 3 is 2.75 bits per heavy atom. The quantitative estimate of drug-likeness (QED) is 0.602. The number of morpholine rings is 1. The lowest BCUT2D eigenvalue weighted by Crippen LogP contribution is -2.53. The second-order valence-electron chi connectivity index (χ2n) is 6.78. The largest absolute Gasteiger partial charge is 0.374 e. The van der Waals surface area contributed by atoms with Gasteiger partial charge in [-0.05, 0) is 27.4 Å². The van der Waals surface area contributed by atoms with Crippen molar-refractivity contribution in [2.75, 3.05) is 46.9 Å². The van der Waals surface area contributed by atoms with Gasteiger partial charge in [0.1, 0.15) is 5.54 Å². The van der Waals surface area contributed by atoms with E-state index in [-0.39, 0.29) is 18.6 Å². The van der Waals surface area contributed by atoms with Crippen LogP contribution in [0.2, 0.25) is 0 Å². The number of hydrogen-bond donors (Lipinski definition) is 2. The van der Waals surface area contributed by atoms with Gasteiger partial charge in [0, 0.05) is 19.6 Å². The summed E-state index contributed by atoms with van der Waals surface area (Å²) in [5.41, 5.74) is 1.45. The second kappa shape index (κ2) is 7.45. The first kappa shape index (κ1) is 18.6. The molecule has 2 fully saturated rings. The lowest BCUT2D eigenvalue weighted by Gasteiger charge is -2.33. The third kappa shape index (κ3) is 4.22. The summed E-state index contributed by atoms with van der Waals surface area (Å²) in [6, 6.07) is -0.592. The molecule has 2 aliphatic rings. The molecule has 2 N–H and O–H groups in total. The van der Waals surface area contributed by atoms with Crippen LogP contribution in [0.25, 0.3) is 0 Å². The Morgan fingerprint density at radius 1 is 1.46 bits per heavy atom. The minimum absolute atomic E-state index is 0.0432. The average Bonchev–Trinajstić information content (AvgIpc) is 2.71. The molecule has 2 rings (SSSR count). The van der Waals surface area contributed by atoms with E-state index in [1.807, 2.05) is 30.8 Å². The number of rotatable bonds is 6. The van der Waals surface area contributed by atoms with Crippen molar-refractivity contribution in [3.63, 3.8) is 0 Å².